The first-order valence-corrected chi connectivity index (χ1v) is 3.93. The van der Waals surface area contributed by atoms with Gasteiger partial charge in [0.15, 0.2) is 0 Å². The van der Waals surface area contributed by atoms with Crippen molar-refractivity contribution in [3.05, 3.63) is 0 Å². The van der Waals surface area contributed by atoms with Gasteiger partial charge in [-0.1, -0.05) is 0 Å². The molecule has 3 N–H and O–H groups in total. The first-order chi connectivity index (χ1) is 5.25. The van der Waals surface area contributed by atoms with Crippen molar-refractivity contribution >= 4 is 5.97 Å². The fourth-order valence-electron chi connectivity index (χ4n) is 0.574. The summed E-state index contributed by atoms with van der Waals surface area (Å²) in [5.74, 6) is -1.04. The lowest BCUT2D eigenvalue weighted by Gasteiger charge is -2.24. The maximum atomic E-state index is 11.1. The van der Waals surface area contributed by atoms with E-state index in [1.54, 1.807) is 27.7 Å². The molecule has 0 aliphatic carbocycles. The summed E-state index contributed by atoms with van der Waals surface area (Å²) in [5.41, 5.74) is 4.19. The molecule has 4 heteroatoms. The number of carbonyl (C=O) groups is 1. The first kappa shape index (κ1) is 11.4. The van der Waals surface area contributed by atoms with Crippen LogP contribution in [0.3, 0.4) is 0 Å². The molecular formula is C8H17NO3. The first-order valence-electron chi connectivity index (χ1n) is 3.93. The van der Waals surface area contributed by atoms with E-state index in [-0.39, 0.29) is 0 Å². The molecule has 0 saturated heterocycles. The Balaban J connectivity index is 4.12. The molecule has 0 aromatic heterocycles. The zero-order valence-electron chi connectivity index (χ0n) is 8.00. The molecule has 2 atom stereocenters. The van der Waals surface area contributed by atoms with E-state index in [1.807, 2.05) is 0 Å². The lowest BCUT2D eigenvalue weighted by molar-refractivity contribution is -0.159. The normalized spacial score (nSPS) is 16.8. The largest absolute Gasteiger partial charge is 0.447 e. The molecule has 4 nitrogen and oxygen atoms in total. The van der Waals surface area contributed by atoms with Crippen LogP contribution in [-0.2, 0) is 9.53 Å². The Morgan fingerprint density at radius 2 is 1.92 bits per heavy atom. The molecule has 0 bridgehead atoms. The summed E-state index contributed by atoms with van der Waals surface area (Å²) in [6.45, 7) is 6.28. The fraction of sp³-hybridized carbons (Fsp3) is 0.875. The van der Waals surface area contributed by atoms with Gasteiger partial charge in [-0.2, -0.15) is 0 Å². The molecule has 0 rings (SSSR count). The van der Waals surface area contributed by atoms with Crippen molar-refractivity contribution in [3.8, 4) is 0 Å². The van der Waals surface area contributed by atoms with Crippen molar-refractivity contribution in [1.82, 2.24) is 0 Å². The van der Waals surface area contributed by atoms with Gasteiger partial charge in [0, 0.05) is 0 Å². The van der Waals surface area contributed by atoms with Crippen molar-refractivity contribution in [1.29, 1.82) is 0 Å². The quantitative estimate of drug-likeness (QED) is 0.476. The summed E-state index contributed by atoms with van der Waals surface area (Å²) < 4.78 is 4.72. The van der Waals surface area contributed by atoms with E-state index in [1.165, 1.54) is 0 Å². The zero-order chi connectivity index (χ0) is 9.94. The molecule has 0 heterocycles. The summed E-state index contributed by atoms with van der Waals surface area (Å²) in [5, 5.41) is 9.43. The monoisotopic (exact) mass is 175 g/mol. The molecule has 0 aromatic carbocycles. The Morgan fingerprint density at radius 1 is 1.50 bits per heavy atom. The number of ether oxygens (including phenoxy) is 1. The van der Waals surface area contributed by atoms with Crippen LogP contribution in [0.25, 0.3) is 0 Å². The topological polar surface area (TPSA) is 72.5 Å². The Kier molecular flexibility index (Phi) is 3.67. The number of aliphatic hydroxyl groups is 1. The maximum Gasteiger partial charge on any atom is 0.313 e. The summed E-state index contributed by atoms with van der Waals surface area (Å²) in [4.78, 5) is 11.1. The highest BCUT2D eigenvalue weighted by atomic mass is 16.6. The Morgan fingerprint density at radius 3 is 2.17 bits per heavy atom. The summed E-state index contributed by atoms with van der Waals surface area (Å²) >= 11 is 0. The standard InChI is InChI=1S/C8H17NO3/c1-5(8(3,4)11)7(10)12-6(2)9/h5-6,11H,9H2,1-4H3. The number of hydrogen-bond acceptors (Lipinski definition) is 4. The second-order valence-electron chi connectivity index (χ2n) is 3.52. The van der Waals surface area contributed by atoms with Crippen molar-refractivity contribution in [2.75, 3.05) is 0 Å². The molecule has 0 saturated carbocycles. The fourth-order valence-corrected chi connectivity index (χ4v) is 0.574. The zero-order valence-corrected chi connectivity index (χ0v) is 8.00. The molecule has 0 aliphatic rings. The highest BCUT2D eigenvalue weighted by Crippen LogP contribution is 2.17. The number of esters is 1. The Hall–Kier alpha value is -0.610. The molecule has 2 unspecified atom stereocenters. The van der Waals surface area contributed by atoms with Gasteiger partial charge in [0.1, 0.15) is 6.23 Å². The molecule has 12 heavy (non-hydrogen) atoms. The van der Waals surface area contributed by atoms with Gasteiger partial charge in [-0.15, -0.1) is 0 Å². The van der Waals surface area contributed by atoms with E-state index in [9.17, 15) is 9.90 Å². The average Bonchev–Trinajstić information content (AvgIpc) is 1.82. The maximum absolute atomic E-state index is 11.1. The van der Waals surface area contributed by atoms with Gasteiger partial charge in [0.2, 0.25) is 0 Å². The van der Waals surface area contributed by atoms with Gasteiger partial charge >= 0.3 is 5.97 Å². The molecule has 72 valence electrons. The van der Waals surface area contributed by atoms with Crippen LogP contribution < -0.4 is 5.73 Å². The number of rotatable bonds is 3. The minimum absolute atomic E-state index is 0.475. The van der Waals surface area contributed by atoms with Gasteiger partial charge in [-0.05, 0) is 27.7 Å². The second kappa shape index (κ2) is 3.87. The van der Waals surface area contributed by atoms with Crippen LogP contribution in [0.1, 0.15) is 27.7 Å². The average molecular weight is 175 g/mol. The predicted octanol–water partition coefficient (Wildman–Crippen LogP) is 0.241. The van der Waals surface area contributed by atoms with E-state index in [0.717, 1.165) is 0 Å². The molecular weight excluding hydrogens is 158 g/mol. The van der Waals surface area contributed by atoms with Gasteiger partial charge in [-0.25, -0.2) is 0 Å². The summed E-state index contributed by atoms with van der Waals surface area (Å²) in [6.07, 6.45) is -0.623. The van der Waals surface area contributed by atoms with Gasteiger partial charge in [0.25, 0.3) is 0 Å². The molecule has 0 spiro atoms. The van der Waals surface area contributed by atoms with Crippen molar-refractivity contribution in [2.45, 2.75) is 39.5 Å². The molecule has 0 radical (unpaired) electrons. The van der Waals surface area contributed by atoms with Gasteiger partial charge < -0.3 is 9.84 Å². The Labute approximate surface area is 72.7 Å². The minimum atomic E-state index is -1.06. The van der Waals surface area contributed by atoms with Gasteiger partial charge in [0.05, 0.1) is 11.5 Å². The SMILES string of the molecule is CC(N)OC(=O)C(C)C(C)(C)O. The van der Waals surface area contributed by atoms with Crippen molar-refractivity contribution in [3.63, 3.8) is 0 Å². The molecule has 0 aliphatic heterocycles. The van der Waals surface area contributed by atoms with Crippen LogP contribution in [0.4, 0.5) is 0 Å². The highest BCUT2D eigenvalue weighted by Gasteiger charge is 2.30. The van der Waals surface area contributed by atoms with E-state index < -0.39 is 23.7 Å². The van der Waals surface area contributed by atoms with Crippen LogP contribution in [-0.4, -0.2) is 22.9 Å². The minimum Gasteiger partial charge on any atom is -0.447 e. The lowest BCUT2D eigenvalue weighted by atomic mass is 9.93. The van der Waals surface area contributed by atoms with E-state index >= 15 is 0 Å². The lowest BCUT2D eigenvalue weighted by Crippen LogP contribution is -2.38. The van der Waals surface area contributed by atoms with Crippen LogP contribution >= 0.6 is 0 Å². The smallest absolute Gasteiger partial charge is 0.313 e. The highest BCUT2D eigenvalue weighted by molar-refractivity contribution is 5.73. The van der Waals surface area contributed by atoms with Crippen molar-refractivity contribution in [2.24, 2.45) is 11.7 Å². The van der Waals surface area contributed by atoms with Crippen LogP contribution in [0.5, 0.6) is 0 Å². The van der Waals surface area contributed by atoms with E-state index in [2.05, 4.69) is 0 Å². The molecule has 0 aromatic rings. The number of hydrogen-bond donors (Lipinski definition) is 2. The van der Waals surface area contributed by atoms with E-state index in [4.69, 9.17) is 10.5 Å². The number of nitrogens with two attached hydrogens (primary N) is 1. The third kappa shape index (κ3) is 3.69. The summed E-state index contributed by atoms with van der Waals surface area (Å²) in [7, 11) is 0. The third-order valence-corrected chi connectivity index (χ3v) is 1.72. The van der Waals surface area contributed by atoms with Crippen molar-refractivity contribution < 1.29 is 14.6 Å². The van der Waals surface area contributed by atoms with E-state index in [0.29, 0.717) is 0 Å². The molecule has 0 amide bonds. The molecule has 0 fully saturated rings. The third-order valence-electron chi connectivity index (χ3n) is 1.72. The van der Waals surface area contributed by atoms with Gasteiger partial charge in [-0.3, -0.25) is 10.5 Å². The van der Waals surface area contributed by atoms with Crippen LogP contribution in [0.15, 0.2) is 0 Å². The Bertz CT molecular complexity index is 160. The van der Waals surface area contributed by atoms with Crippen LogP contribution in [0.2, 0.25) is 0 Å². The predicted molar refractivity (Wildman–Crippen MR) is 45.2 cm³/mol. The number of carbonyl (C=O) groups excluding carboxylic acids is 1. The summed E-state index contributed by atoms with van der Waals surface area (Å²) in [6, 6.07) is 0. The van der Waals surface area contributed by atoms with Crippen LogP contribution in [0, 0.1) is 5.92 Å². The second-order valence-corrected chi connectivity index (χ2v) is 3.52.